The molecule has 0 aliphatic rings. The van der Waals surface area contributed by atoms with Crippen molar-refractivity contribution in [3.05, 3.63) is 74.8 Å². The number of carbonyl (C=O) groups is 1. The van der Waals surface area contributed by atoms with Gasteiger partial charge in [0.05, 0.1) is 4.92 Å². The maximum absolute atomic E-state index is 13.7. The van der Waals surface area contributed by atoms with Gasteiger partial charge in [-0.1, -0.05) is 30.3 Å². The van der Waals surface area contributed by atoms with Crippen LogP contribution in [0.25, 0.3) is 0 Å². The van der Waals surface area contributed by atoms with E-state index >= 15 is 0 Å². The third-order valence-electron chi connectivity index (χ3n) is 2.69. The summed E-state index contributed by atoms with van der Waals surface area (Å²) in [5.74, 6) is -10.3. The number of rotatable bonds is 3. The highest BCUT2D eigenvalue weighted by atomic mass is 19.2. The molecule has 0 aliphatic heterocycles. The van der Waals surface area contributed by atoms with Gasteiger partial charge >= 0.3 is 5.69 Å². The van der Waals surface area contributed by atoms with Crippen LogP contribution in [0.5, 0.6) is 0 Å². The summed E-state index contributed by atoms with van der Waals surface area (Å²) in [6.07, 6.45) is 0. The monoisotopic (exact) mass is 299 g/mol. The van der Waals surface area contributed by atoms with Crippen LogP contribution in [0.3, 0.4) is 0 Å². The summed E-state index contributed by atoms with van der Waals surface area (Å²) in [4.78, 5) is 21.3. The van der Waals surface area contributed by atoms with Gasteiger partial charge in [0.2, 0.25) is 17.4 Å². The van der Waals surface area contributed by atoms with Gasteiger partial charge in [-0.25, -0.2) is 13.2 Å². The molecule has 0 aliphatic carbocycles. The van der Waals surface area contributed by atoms with Gasteiger partial charge in [0.15, 0.2) is 11.6 Å². The summed E-state index contributed by atoms with van der Waals surface area (Å²) in [5, 5.41) is 10.8. The number of carbonyl (C=O) groups excluding carboxylic acids is 1. The first-order valence-corrected chi connectivity index (χ1v) is 5.46. The van der Waals surface area contributed by atoms with E-state index in [1.807, 2.05) is 0 Å². The van der Waals surface area contributed by atoms with Crippen molar-refractivity contribution in [3.63, 3.8) is 0 Å². The van der Waals surface area contributed by atoms with E-state index < -0.39 is 45.2 Å². The van der Waals surface area contributed by atoms with E-state index in [-0.39, 0.29) is 5.56 Å². The van der Waals surface area contributed by atoms with Crippen LogP contribution >= 0.6 is 0 Å². The Labute approximate surface area is 114 Å². The first-order valence-electron chi connectivity index (χ1n) is 5.46. The van der Waals surface area contributed by atoms with Crippen molar-refractivity contribution in [2.24, 2.45) is 0 Å². The minimum atomic E-state index is -2.34. The molecular weight excluding hydrogens is 294 g/mol. The summed E-state index contributed by atoms with van der Waals surface area (Å²) in [5.41, 5.74) is -3.42. The van der Waals surface area contributed by atoms with Gasteiger partial charge in [0, 0.05) is 5.56 Å². The fraction of sp³-hybridized carbons (Fsp3) is 0. The molecule has 0 atom stereocenters. The van der Waals surface area contributed by atoms with Crippen molar-refractivity contribution in [1.29, 1.82) is 0 Å². The van der Waals surface area contributed by atoms with Crippen molar-refractivity contribution in [2.45, 2.75) is 0 Å². The van der Waals surface area contributed by atoms with E-state index in [2.05, 4.69) is 0 Å². The van der Waals surface area contributed by atoms with Crippen LogP contribution < -0.4 is 0 Å². The van der Waals surface area contributed by atoms with Crippen molar-refractivity contribution in [3.8, 4) is 0 Å². The number of ketones is 1. The minimum absolute atomic E-state index is 0.232. The normalized spacial score (nSPS) is 10.5. The molecule has 2 rings (SSSR count). The van der Waals surface area contributed by atoms with Crippen LogP contribution in [-0.2, 0) is 0 Å². The highest BCUT2D eigenvalue weighted by Crippen LogP contribution is 2.31. The Morgan fingerprint density at radius 1 is 0.905 bits per heavy atom. The molecule has 0 radical (unpaired) electrons. The molecule has 0 amide bonds. The molecule has 0 aromatic heterocycles. The van der Waals surface area contributed by atoms with Crippen LogP contribution in [-0.4, -0.2) is 10.7 Å². The Bertz CT molecular complexity index is 747. The zero-order chi connectivity index (χ0) is 15.7. The smallest absolute Gasteiger partial charge is 0.288 e. The van der Waals surface area contributed by atoms with E-state index in [1.165, 1.54) is 30.3 Å². The quantitative estimate of drug-likeness (QED) is 0.218. The Hall–Kier alpha value is -2.77. The molecule has 0 N–H and O–H groups in total. The van der Waals surface area contributed by atoms with Gasteiger partial charge in [0.25, 0.3) is 0 Å². The Morgan fingerprint density at radius 2 is 1.43 bits per heavy atom. The van der Waals surface area contributed by atoms with Crippen LogP contribution in [0, 0.1) is 33.4 Å². The Morgan fingerprint density at radius 3 is 1.95 bits per heavy atom. The predicted octanol–water partition coefficient (Wildman–Crippen LogP) is 3.38. The second-order valence-electron chi connectivity index (χ2n) is 3.93. The van der Waals surface area contributed by atoms with Gasteiger partial charge in [-0.05, 0) is 0 Å². The van der Waals surface area contributed by atoms with Crippen molar-refractivity contribution >= 4 is 11.5 Å². The molecule has 0 saturated heterocycles. The molecule has 2 aromatic rings. The fourth-order valence-electron chi connectivity index (χ4n) is 1.73. The second kappa shape index (κ2) is 5.31. The average Bonchev–Trinajstić information content (AvgIpc) is 2.48. The highest BCUT2D eigenvalue weighted by molar-refractivity contribution is 6.11. The summed E-state index contributed by atoms with van der Waals surface area (Å²) < 4.78 is 53.4. The fourth-order valence-corrected chi connectivity index (χ4v) is 1.73. The average molecular weight is 299 g/mol. The van der Waals surface area contributed by atoms with Crippen molar-refractivity contribution in [1.82, 2.24) is 0 Å². The number of benzene rings is 2. The van der Waals surface area contributed by atoms with Crippen molar-refractivity contribution in [2.75, 3.05) is 0 Å². The largest absolute Gasteiger partial charge is 0.322 e. The third kappa shape index (κ3) is 2.35. The van der Waals surface area contributed by atoms with Crippen LogP contribution in [0.15, 0.2) is 30.3 Å². The van der Waals surface area contributed by atoms with Gasteiger partial charge in [-0.15, -0.1) is 0 Å². The van der Waals surface area contributed by atoms with E-state index in [4.69, 9.17) is 0 Å². The molecular formula is C13H5F4NO3. The number of nitro groups is 1. The van der Waals surface area contributed by atoms with Crippen LogP contribution in [0.2, 0.25) is 0 Å². The van der Waals surface area contributed by atoms with Gasteiger partial charge in [0.1, 0.15) is 5.56 Å². The topological polar surface area (TPSA) is 60.2 Å². The van der Waals surface area contributed by atoms with E-state index in [1.54, 1.807) is 0 Å². The lowest BCUT2D eigenvalue weighted by Crippen LogP contribution is -2.14. The molecule has 0 bridgehead atoms. The number of halogens is 4. The molecule has 0 heterocycles. The number of nitrogens with zero attached hydrogens (tertiary/aromatic N) is 1. The molecule has 108 valence electrons. The lowest BCUT2D eigenvalue weighted by Gasteiger charge is -2.07. The summed E-state index contributed by atoms with van der Waals surface area (Å²) >= 11 is 0. The lowest BCUT2D eigenvalue weighted by molar-refractivity contribution is -0.388. The predicted molar refractivity (Wildman–Crippen MR) is 62.8 cm³/mol. The van der Waals surface area contributed by atoms with Crippen LogP contribution in [0.1, 0.15) is 15.9 Å². The lowest BCUT2D eigenvalue weighted by atomic mass is 10.0. The molecule has 21 heavy (non-hydrogen) atoms. The Balaban J connectivity index is 2.80. The maximum Gasteiger partial charge on any atom is 0.322 e. The molecule has 0 unspecified atom stereocenters. The van der Waals surface area contributed by atoms with Gasteiger partial charge in [-0.2, -0.15) is 4.39 Å². The van der Waals surface area contributed by atoms with Crippen molar-refractivity contribution < 1.29 is 27.3 Å². The standard InChI is InChI=1S/C13H5F4NO3/c14-8-7(13(19)6-4-2-1-3-5-6)12(18(20)21)11(17)10(16)9(8)15/h1-5H. The Kier molecular flexibility index (Phi) is 3.70. The maximum atomic E-state index is 13.7. The molecule has 8 heteroatoms. The first-order chi connectivity index (χ1) is 9.86. The molecule has 0 spiro atoms. The number of hydrogen-bond donors (Lipinski definition) is 0. The zero-order valence-electron chi connectivity index (χ0n) is 10.1. The highest BCUT2D eigenvalue weighted by Gasteiger charge is 2.36. The zero-order valence-corrected chi connectivity index (χ0v) is 10.1. The summed E-state index contributed by atoms with van der Waals surface area (Å²) in [7, 11) is 0. The van der Waals surface area contributed by atoms with Gasteiger partial charge in [-0.3, -0.25) is 14.9 Å². The minimum Gasteiger partial charge on any atom is -0.288 e. The van der Waals surface area contributed by atoms with Gasteiger partial charge < -0.3 is 0 Å². The molecule has 0 saturated carbocycles. The van der Waals surface area contributed by atoms with E-state index in [0.29, 0.717) is 0 Å². The number of hydrogen-bond acceptors (Lipinski definition) is 3. The number of nitro benzene ring substituents is 1. The first kappa shape index (κ1) is 14.6. The second-order valence-corrected chi connectivity index (χ2v) is 3.93. The summed E-state index contributed by atoms with van der Waals surface area (Å²) in [6, 6.07) is 6.59. The summed E-state index contributed by atoms with van der Waals surface area (Å²) in [6.45, 7) is 0. The van der Waals surface area contributed by atoms with Crippen LogP contribution in [0.4, 0.5) is 23.2 Å². The molecule has 2 aromatic carbocycles. The molecule has 4 nitrogen and oxygen atoms in total. The van der Waals surface area contributed by atoms with E-state index in [9.17, 15) is 32.5 Å². The molecule has 0 fully saturated rings. The SMILES string of the molecule is O=C(c1ccccc1)c1c(F)c(F)c(F)c(F)c1[N+](=O)[O-]. The third-order valence-corrected chi connectivity index (χ3v) is 2.69. The van der Waals surface area contributed by atoms with E-state index in [0.717, 1.165) is 0 Å².